The van der Waals surface area contributed by atoms with Gasteiger partial charge in [0.15, 0.2) is 0 Å². The number of rotatable bonds is 7. The van der Waals surface area contributed by atoms with E-state index in [0.717, 1.165) is 35.2 Å². The minimum absolute atomic E-state index is 0.0639. The highest BCUT2D eigenvalue weighted by atomic mass is 32.2. The van der Waals surface area contributed by atoms with Crippen LogP contribution in [0, 0.1) is 10.1 Å². The van der Waals surface area contributed by atoms with Crippen LogP contribution >= 0.6 is 0 Å². The van der Waals surface area contributed by atoms with Crippen molar-refractivity contribution in [2.45, 2.75) is 17.4 Å². The lowest BCUT2D eigenvalue weighted by molar-refractivity contribution is -0.384. The van der Waals surface area contributed by atoms with E-state index in [2.05, 4.69) is 9.71 Å². The van der Waals surface area contributed by atoms with Crippen molar-refractivity contribution in [3.8, 4) is 0 Å². The number of H-pyrrole nitrogens is 1. The summed E-state index contributed by atoms with van der Waals surface area (Å²) in [6.45, 7) is 0. The quantitative estimate of drug-likeness (QED) is 0.417. The molecule has 1 unspecified atom stereocenters. The number of hydrogen-bond acceptors (Lipinski definition) is 5. The van der Waals surface area contributed by atoms with Crippen molar-refractivity contribution >= 4 is 32.6 Å². The second kappa shape index (κ2) is 7.17. The summed E-state index contributed by atoms with van der Waals surface area (Å²) in [4.78, 5) is 24.4. The van der Waals surface area contributed by atoms with E-state index in [-0.39, 0.29) is 17.0 Å². The molecule has 3 aromatic rings. The number of nitrogens with one attached hydrogen (secondary N) is 2. The van der Waals surface area contributed by atoms with Gasteiger partial charge in [-0.25, -0.2) is 8.42 Å². The molecule has 9 nitrogen and oxygen atoms in total. The number of fused-ring (bicyclic) bond motifs is 1. The van der Waals surface area contributed by atoms with Crippen LogP contribution in [0.3, 0.4) is 0 Å². The Bertz CT molecular complexity index is 1110. The second-order valence-corrected chi connectivity index (χ2v) is 7.54. The molecule has 1 heterocycles. The van der Waals surface area contributed by atoms with E-state index in [1.54, 1.807) is 12.3 Å². The number of nitro benzene ring substituents is 1. The summed E-state index contributed by atoms with van der Waals surface area (Å²) in [5.74, 6) is -1.33. The number of carboxylic acids is 1. The van der Waals surface area contributed by atoms with E-state index in [1.807, 2.05) is 18.2 Å². The van der Waals surface area contributed by atoms with Crippen LogP contribution in [-0.2, 0) is 21.2 Å². The summed E-state index contributed by atoms with van der Waals surface area (Å²) in [6.07, 6.45) is 1.58. The van der Waals surface area contributed by atoms with Gasteiger partial charge in [0, 0.05) is 35.7 Å². The molecule has 0 radical (unpaired) electrons. The zero-order chi connectivity index (χ0) is 19.6. The third kappa shape index (κ3) is 3.96. The van der Waals surface area contributed by atoms with E-state index in [4.69, 9.17) is 0 Å². The van der Waals surface area contributed by atoms with Gasteiger partial charge in [-0.15, -0.1) is 0 Å². The molecule has 10 heteroatoms. The Labute approximate surface area is 153 Å². The standard InChI is InChI=1S/C17H15N3O6S/c21-17(22)16(9-11-10-18-15-4-2-1-3-14(11)15)19-27(25,26)13-7-5-12(6-8-13)20(23)24/h1-8,10,16,18-19H,9H2,(H,21,22). The minimum Gasteiger partial charge on any atom is -0.480 e. The molecule has 0 fully saturated rings. The zero-order valence-electron chi connectivity index (χ0n) is 13.8. The molecule has 0 saturated heterocycles. The molecule has 0 bridgehead atoms. The topological polar surface area (TPSA) is 142 Å². The first kappa shape index (κ1) is 18.5. The molecule has 0 amide bonds. The van der Waals surface area contributed by atoms with Crippen molar-refractivity contribution in [1.29, 1.82) is 0 Å². The van der Waals surface area contributed by atoms with E-state index < -0.39 is 27.0 Å². The van der Waals surface area contributed by atoms with Crippen LogP contribution < -0.4 is 4.72 Å². The number of nitrogens with zero attached hydrogens (tertiary/aromatic N) is 1. The molecule has 1 aromatic heterocycles. The van der Waals surface area contributed by atoms with Crippen molar-refractivity contribution in [1.82, 2.24) is 9.71 Å². The van der Waals surface area contributed by atoms with E-state index >= 15 is 0 Å². The fourth-order valence-electron chi connectivity index (χ4n) is 2.70. The van der Waals surface area contributed by atoms with E-state index in [9.17, 15) is 28.4 Å². The number of aliphatic carboxylic acids is 1. The van der Waals surface area contributed by atoms with Gasteiger partial charge in [0.1, 0.15) is 6.04 Å². The highest BCUT2D eigenvalue weighted by Gasteiger charge is 2.27. The Balaban J connectivity index is 1.85. The van der Waals surface area contributed by atoms with Crippen molar-refractivity contribution in [3.63, 3.8) is 0 Å². The largest absolute Gasteiger partial charge is 0.480 e. The minimum atomic E-state index is -4.17. The highest BCUT2D eigenvalue weighted by Crippen LogP contribution is 2.20. The van der Waals surface area contributed by atoms with Gasteiger partial charge in [-0.2, -0.15) is 4.72 Å². The third-order valence-corrected chi connectivity index (χ3v) is 5.54. The van der Waals surface area contributed by atoms with Crippen LogP contribution in [-0.4, -0.2) is 35.4 Å². The molecule has 27 heavy (non-hydrogen) atoms. The lowest BCUT2D eigenvalue weighted by Gasteiger charge is -2.14. The van der Waals surface area contributed by atoms with Crippen LogP contribution in [0.1, 0.15) is 5.56 Å². The maximum absolute atomic E-state index is 12.5. The summed E-state index contributed by atoms with van der Waals surface area (Å²) in [5, 5.41) is 20.9. The third-order valence-electron chi connectivity index (χ3n) is 4.05. The molecule has 3 N–H and O–H groups in total. The number of para-hydroxylation sites is 1. The molecule has 0 aliphatic carbocycles. The molecule has 0 aliphatic heterocycles. The number of sulfonamides is 1. The van der Waals surface area contributed by atoms with E-state index in [0.29, 0.717) is 5.56 Å². The first-order valence-corrected chi connectivity index (χ1v) is 9.31. The van der Waals surface area contributed by atoms with Crippen molar-refractivity contribution in [3.05, 3.63) is 70.4 Å². The number of benzene rings is 2. The SMILES string of the molecule is O=C(O)C(Cc1c[nH]c2ccccc12)NS(=O)(=O)c1ccc([N+](=O)[O-])cc1. The Morgan fingerprint density at radius 1 is 1.19 bits per heavy atom. The average molecular weight is 389 g/mol. The molecular weight excluding hydrogens is 374 g/mol. The Morgan fingerprint density at radius 3 is 2.48 bits per heavy atom. The number of aromatic amines is 1. The van der Waals surface area contributed by atoms with Gasteiger partial charge >= 0.3 is 5.97 Å². The number of aromatic nitrogens is 1. The fraction of sp³-hybridized carbons (Fsp3) is 0.118. The van der Waals surface area contributed by atoms with Crippen molar-refractivity contribution in [2.24, 2.45) is 0 Å². The number of carboxylic acid groups (broad SMARTS) is 1. The number of carbonyl (C=O) groups is 1. The first-order chi connectivity index (χ1) is 12.8. The summed E-state index contributed by atoms with van der Waals surface area (Å²) in [7, 11) is -4.17. The van der Waals surface area contributed by atoms with Crippen LogP contribution in [0.4, 0.5) is 5.69 Å². The van der Waals surface area contributed by atoms with Gasteiger partial charge in [-0.1, -0.05) is 18.2 Å². The van der Waals surface area contributed by atoms with Crippen molar-refractivity contribution in [2.75, 3.05) is 0 Å². The predicted molar refractivity (Wildman–Crippen MR) is 96.8 cm³/mol. The summed E-state index contributed by atoms with van der Waals surface area (Å²) >= 11 is 0. The summed E-state index contributed by atoms with van der Waals surface area (Å²) < 4.78 is 27.1. The Hall–Kier alpha value is -3.24. The van der Waals surface area contributed by atoms with Crippen LogP contribution in [0.15, 0.2) is 59.6 Å². The van der Waals surface area contributed by atoms with E-state index in [1.165, 1.54) is 0 Å². The first-order valence-electron chi connectivity index (χ1n) is 7.82. The molecule has 3 rings (SSSR count). The molecule has 2 aromatic carbocycles. The number of nitro groups is 1. The molecular formula is C17H15N3O6S. The zero-order valence-corrected chi connectivity index (χ0v) is 14.6. The molecule has 0 saturated carbocycles. The fourth-order valence-corrected chi connectivity index (χ4v) is 3.89. The van der Waals surface area contributed by atoms with Crippen molar-refractivity contribution < 1.29 is 23.2 Å². The molecule has 1 atom stereocenters. The van der Waals surface area contributed by atoms with Gasteiger partial charge < -0.3 is 10.1 Å². The molecule has 0 aliphatic rings. The lowest BCUT2D eigenvalue weighted by Crippen LogP contribution is -2.42. The summed E-state index contributed by atoms with van der Waals surface area (Å²) in [5.41, 5.74) is 1.21. The average Bonchev–Trinajstić information content (AvgIpc) is 3.04. The summed E-state index contributed by atoms with van der Waals surface area (Å²) in [6, 6.07) is 10.1. The normalized spacial score (nSPS) is 12.7. The maximum atomic E-state index is 12.5. The highest BCUT2D eigenvalue weighted by molar-refractivity contribution is 7.89. The van der Waals surface area contributed by atoms with Gasteiger partial charge in [0.25, 0.3) is 5.69 Å². The monoisotopic (exact) mass is 389 g/mol. The van der Waals surface area contributed by atoms with Crippen LogP contribution in [0.25, 0.3) is 10.9 Å². The molecule has 0 spiro atoms. The Kier molecular flexibility index (Phi) is 4.93. The van der Waals surface area contributed by atoms with Gasteiger partial charge in [0.2, 0.25) is 10.0 Å². The predicted octanol–water partition coefficient (Wildman–Crippen LogP) is 2.05. The maximum Gasteiger partial charge on any atom is 0.322 e. The lowest BCUT2D eigenvalue weighted by atomic mass is 10.1. The van der Waals surface area contributed by atoms with Gasteiger partial charge in [-0.3, -0.25) is 14.9 Å². The number of hydrogen-bond donors (Lipinski definition) is 3. The van der Waals surface area contributed by atoms with Crippen LogP contribution in [0.2, 0.25) is 0 Å². The van der Waals surface area contributed by atoms with Gasteiger partial charge in [-0.05, 0) is 23.8 Å². The van der Waals surface area contributed by atoms with Gasteiger partial charge in [0.05, 0.1) is 9.82 Å². The Morgan fingerprint density at radius 2 is 1.85 bits per heavy atom. The number of non-ortho nitro benzene ring substituents is 1. The smallest absolute Gasteiger partial charge is 0.322 e. The van der Waals surface area contributed by atoms with Crippen LogP contribution in [0.5, 0.6) is 0 Å². The molecule has 140 valence electrons. The second-order valence-electron chi connectivity index (χ2n) is 5.83.